The fourth-order valence-electron chi connectivity index (χ4n) is 2.28. The van der Waals surface area contributed by atoms with Crippen LogP contribution in [0.1, 0.15) is 28.8 Å². The minimum Gasteiger partial charge on any atom is -0.331 e. The standard InChI is InChI=1S/C15H13ClN2O3S/c16-14-4-3-12(18(20)21)7-13(14)15(19)17(11-1-2-11)8-10-5-6-22-9-10/h3-7,9,11H,1-2,8H2. The molecule has 0 saturated heterocycles. The molecule has 1 fully saturated rings. The average Bonchev–Trinajstić information content (AvgIpc) is 3.21. The van der Waals surface area contributed by atoms with Crippen LogP contribution in [0.5, 0.6) is 0 Å². The zero-order valence-corrected chi connectivity index (χ0v) is 13.1. The summed E-state index contributed by atoms with van der Waals surface area (Å²) in [4.78, 5) is 24.9. The van der Waals surface area contributed by atoms with E-state index in [-0.39, 0.29) is 28.2 Å². The molecule has 114 valence electrons. The summed E-state index contributed by atoms with van der Waals surface area (Å²) < 4.78 is 0. The first-order valence-electron chi connectivity index (χ1n) is 6.82. The van der Waals surface area contributed by atoms with Crippen molar-refractivity contribution in [3.8, 4) is 0 Å². The maximum Gasteiger partial charge on any atom is 0.270 e. The molecule has 1 aliphatic carbocycles. The summed E-state index contributed by atoms with van der Waals surface area (Å²) >= 11 is 7.66. The first-order chi connectivity index (χ1) is 10.6. The number of benzene rings is 1. The highest BCUT2D eigenvalue weighted by atomic mass is 35.5. The summed E-state index contributed by atoms with van der Waals surface area (Å²) in [6, 6.07) is 6.14. The number of carbonyl (C=O) groups is 1. The largest absolute Gasteiger partial charge is 0.331 e. The third-order valence-corrected chi connectivity index (χ3v) is 4.63. The molecular formula is C15H13ClN2O3S. The van der Waals surface area contributed by atoms with Crippen molar-refractivity contribution in [1.29, 1.82) is 0 Å². The molecule has 0 unspecified atom stereocenters. The van der Waals surface area contributed by atoms with Gasteiger partial charge >= 0.3 is 0 Å². The van der Waals surface area contributed by atoms with Gasteiger partial charge < -0.3 is 4.90 Å². The molecular weight excluding hydrogens is 324 g/mol. The predicted molar refractivity (Wildman–Crippen MR) is 85.3 cm³/mol. The van der Waals surface area contributed by atoms with Crippen LogP contribution in [0.3, 0.4) is 0 Å². The number of carbonyl (C=O) groups excluding carboxylic acids is 1. The molecule has 7 heteroatoms. The van der Waals surface area contributed by atoms with E-state index in [2.05, 4.69) is 0 Å². The summed E-state index contributed by atoms with van der Waals surface area (Å²) in [6.45, 7) is 0.506. The maximum absolute atomic E-state index is 12.8. The first-order valence-corrected chi connectivity index (χ1v) is 8.14. The Hall–Kier alpha value is -1.92. The smallest absolute Gasteiger partial charge is 0.270 e. The third kappa shape index (κ3) is 3.13. The molecule has 0 spiro atoms. The Labute approximate surface area is 136 Å². The molecule has 5 nitrogen and oxygen atoms in total. The van der Waals surface area contributed by atoms with E-state index >= 15 is 0 Å². The van der Waals surface area contributed by atoms with Crippen LogP contribution >= 0.6 is 22.9 Å². The summed E-state index contributed by atoms with van der Waals surface area (Å²) in [5.41, 5.74) is 1.13. The molecule has 1 amide bonds. The molecule has 0 bridgehead atoms. The number of hydrogen-bond acceptors (Lipinski definition) is 4. The summed E-state index contributed by atoms with van der Waals surface area (Å²) in [6.07, 6.45) is 1.92. The highest BCUT2D eigenvalue weighted by molar-refractivity contribution is 7.07. The van der Waals surface area contributed by atoms with Crippen molar-refractivity contribution in [2.45, 2.75) is 25.4 Å². The molecule has 0 radical (unpaired) electrons. The molecule has 1 aromatic carbocycles. The van der Waals surface area contributed by atoms with Crippen LogP contribution in [-0.2, 0) is 6.54 Å². The van der Waals surface area contributed by atoms with Gasteiger partial charge in [0, 0.05) is 24.7 Å². The number of rotatable bonds is 5. The van der Waals surface area contributed by atoms with E-state index in [0.717, 1.165) is 18.4 Å². The van der Waals surface area contributed by atoms with Gasteiger partial charge in [0.15, 0.2) is 0 Å². The Morgan fingerprint density at radius 2 is 2.18 bits per heavy atom. The Morgan fingerprint density at radius 3 is 2.77 bits per heavy atom. The summed E-state index contributed by atoms with van der Waals surface area (Å²) in [5, 5.41) is 15.1. The quantitative estimate of drug-likeness (QED) is 0.609. The van der Waals surface area contributed by atoms with Crippen LogP contribution in [0.2, 0.25) is 5.02 Å². The fourth-order valence-corrected chi connectivity index (χ4v) is 3.14. The van der Waals surface area contributed by atoms with Crippen molar-refractivity contribution in [3.05, 3.63) is 61.3 Å². The summed E-state index contributed by atoms with van der Waals surface area (Å²) in [5.74, 6) is -0.248. The van der Waals surface area contributed by atoms with Crippen molar-refractivity contribution in [2.75, 3.05) is 0 Å². The van der Waals surface area contributed by atoms with Gasteiger partial charge in [0.2, 0.25) is 0 Å². The van der Waals surface area contributed by atoms with E-state index < -0.39 is 4.92 Å². The van der Waals surface area contributed by atoms with Crippen LogP contribution in [0.15, 0.2) is 35.0 Å². The van der Waals surface area contributed by atoms with Crippen LogP contribution in [0.4, 0.5) is 5.69 Å². The molecule has 1 saturated carbocycles. The Balaban J connectivity index is 1.90. The van der Waals surface area contributed by atoms with Gasteiger partial charge in [-0.2, -0.15) is 11.3 Å². The van der Waals surface area contributed by atoms with Gasteiger partial charge in [-0.15, -0.1) is 0 Å². The highest BCUT2D eigenvalue weighted by Gasteiger charge is 2.34. The van der Waals surface area contributed by atoms with Crippen molar-refractivity contribution < 1.29 is 9.72 Å². The second-order valence-electron chi connectivity index (χ2n) is 5.22. The van der Waals surface area contributed by atoms with Crippen molar-refractivity contribution in [3.63, 3.8) is 0 Å². The molecule has 1 aliphatic rings. The van der Waals surface area contributed by atoms with Crippen molar-refractivity contribution in [2.24, 2.45) is 0 Å². The van der Waals surface area contributed by atoms with Crippen molar-refractivity contribution in [1.82, 2.24) is 4.90 Å². The lowest BCUT2D eigenvalue weighted by Crippen LogP contribution is -2.32. The number of non-ortho nitro benzene ring substituents is 1. The zero-order valence-electron chi connectivity index (χ0n) is 11.6. The van der Waals surface area contributed by atoms with Crippen molar-refractivity contribution >= 4 is 34.5 Å². The maximum atomic E-state index is 12.8. The lowest BCUT2D eigenvalue weighted by Gasteiger charge is -2.22. The molecule has 3 rings (SSSR count). The number of thiophene rings is 1. The number of nitro groups is 1. The SMILES string of the molecule is O=C(c1cc([N+](=O)[O-])ccc1Cl)N(Cc1ccsc1)C1CC1. The van der Waals surface area contributed by atoms with E-state index in [1.807, 2.05) is 16.8 Å². The Morgan fingerprint density at radius 1 is 1.41 bits per heavy atom. The average molecular weight is 337 g/mol. The molecule has 2 aromatic rings. The van der Waals surface area contributed by atoms with E-state index in [1.54, 1.807) is 16.2 Å². The number of halogens is 1. The Kier molecular flexibility index (Phi) is 4.13. The highest BCUT2D eigenvalue weighted by Crippen LogP contribution is 2.32. The number of nitrogens with zero attached hydrogens (tertiary/aromatic N) is 2. The first kappa shape index (κ1) is 15.0. The molecule has 0 atom stereocenters. The van der Waals surface area contributed by atoms with E-state index in [9.17, 15) is 14.9 Å². The molecule has 1 heterocycles. The molecule has 22 heavy (non-hydrogen) atoms. The van der Waals surface area contributed by atoms with Gasteiger partial charge in [0.05, 0.1) is 15.5 Å². The second kappa shape index (κ2) is 6.06. The van der Waals surface area contributed by atoms with Crippen LogP contribution < -0.4 is 0 Å². The van der Waals surface area contributed by atoms with Gasteiger partial charge in [0.25, 0.3) is 11.6 Å². The predicted octanol–water partition coefficient (Wildman–Crippen LogP) is 4.11. The lowest BCUT2D eigenvalue weighted by molar-refractivity contribution is -0.384. The van der Waals surface area contributed by atoms with E-state index in [4.69, 9.17) is 11.6 Å². The number of hydrogen-bond donors (Lipinski definition) is 0. The van der Waals surface area contributed by atoms with Crippen LogP contribution in [0.25, 0.3) is 0 Å². The molecule has 1 aromatic heterocycles. The van der Waals surface area contributed by atoms with Gasteiger partial charge in [0.1, 0.15) is 0 Å². The minimum absolute atomic E-state index is 0.126. The van der Waals surface area contributed by atoms with E-state index in [1.165, 1.54) is 18.2 Å². The monoisotopic (exact) mass is 336 g/mol. The van der Waals surface area contributed by atoms with Gasteiger partial charge in [-0.3, -0.25) is 14.9 Å². The fraction of sp³-hybridized carbons (Fsp3) is 0.267. The Bertz CT molecular complexity index is 714. The summed E-state index contributed by atoms with van der Waals surface area (Å²) in [7, 11) is 0. The minimum atomic E-state index is -0.520. The molecule has 0 N–H and O–H groups in total. The normalized spacial score (nSPS) is 13.9. The number of nitro benzene ring substituents is 1. The number of amides is 1. The molecule has 0 aliphatic heterocycles. The van der Waals surface area contributed by atoms with Gasteiger partial charge in [-0.25, -0.2) is 0 Å². The third-order valence-electron chi connectivity index (χ3n) is 3.57. The van der Waals surface area contributed by atoms with Crippen LogP contribution in [0, 0.1) is 10.1 Å². The van der Waals surface area contributed by atoms with Gasteiger partial charge in [-0.1, -0.05) is 11.6 Å². The lowest BCUT2D eigenvalue weighted by atomic mass is 10.1. The van der Waals surface area contributed by atoms with E-state index in [0.29, 0.717) is 6.54 Å². The van der Waals surface area contributed by atoms with Gasteiger partial charge in [-0.05, 0) is 41.3 Å². The second-order valence-corrected chi connectivity index (χ2v) is 6.40. The topological polar surface area (TPSA) is 63.4 Å². The zero-order chi connectivity index (χ0) is 15.7. The van der Waals surface area contributed by atoms with Crippen LogP contribution in [-0.4, -0.2) is 21.8 Å².